The van der Waals surface area contributed by atoms with Gasteiger partial charge in [-0.3, -0.25) is 0 Å². The minimum absolute atomic E-state index is 0.0930. The number of rotatable bonds is 5. The maximum atomic E-state index is 12.0. The van der Waals surface area contributed by atoms with Crippen LogP contribution in [0.1, 0.15) is 52.4 Å². The molecule has 3 N–H and O–H groups in total. The molecule has 4 nitrogen and oxygen atoms in total. The van der Waals surface area contributed by atoms with E-state index in [-0.39, 0.29) is 6.03 Å². The van der Waals surface area contributed by atoms with Crippen molar-refractivity contribution in [2.45, 2.75) is 64.5 Å². The molecule has 1 saturated carbocycles. The Morgan fingerprint density at radius 3 is 2.38 bits per heavy atom. The van der Waals surface area contributed by atoms with Gasteiger partial charge in [0.15, 0.2) is 0 Å². The van der Waals surface area contributed by atoms with Gasteiger partial charge in [-0.1, -0.05) is 26.2 Å². The molecule has 0 spiro atoms. The van der Waals surface area contributed by atoms with Crippen LogP contribution in [0.2, 0.25) is 0 Å². The molecular weight excluding hydrogens is 262 g/mol. The summed E-state index contributed by atoms with van der Waals surface area (Å²) < 4.78 is 0. The Kier molecular flexibility index (Phi) is 5.90. The zero-order chi connectivity index (χ0) is 15.1. The fourth-order valence-electron chi connectivity index (χ4n) is 2.64. The van der Waals surface area contributed by atoms with Gasteiger partial charge in [-0.05, 0) is 50.5 Å². The van der Waals surface area contributed by atoms with Crippen molar-refractivity contribution in [3.63, 3.8) is 0 Å². The van der Waals surface area contributed by atoms with E-state index in [1.54, 1.807) is 0 Å². The molecule has 1 atom stereocenters. The van der Waals surface area contributed by atoms with Crippen molar-refractivity contribution < 1.29 is 4.79 Å². The molecule has 1 aliphatic rings. The van der Waals surface area contributed by atoms with Crippen LogP contribution in [0.5, 0.6) is 0 Å². The number of benzene rings is 1. The summed E-state index contributed by atoms with van der Waals surface area (Å²) in [7, 11) is 0. The number of urea groups is 1. The molecular formula is C17H27N3O. The molecule has 0 saturated heterocycles. The van der Waals surface area contributed by atoms with Crippen LogP contribution in [0.25, 0.3) is 0 Å². The highest BCUT2D eigenvalue weighted by atomic mass is 16.2. The quantitative estimate of drug-likeness (QED) is 0.754. The first kappa shape index (κ1) is 15.7. The zero-order valence-electron chi connectivity index (χ0n) is 13.1. The van der Waals surface area contributed by atoms with Gasteiger partial charge in [0.2, 0.25) is 0 Å². The number of carbonyl (C=O) groups is 1. The lowest BCUT2D eigenvalue weighted by molar-refractivity contribution is 0.244. The Labute approximate surface area is 127 Å². The van der Waals surface area contributed by atoms with Crippen molar-refractivity contribution >= 4 is 17.4 Å². The molecule has 0 aliphatic heterocycles. The molecule has 1 unspecified atom stereocenters. The number of hydrogen-bond acceptors (Lipinski definition) is 2. The predicted molar refractivity (Wildman–Crippen MR) is 88.8 cm³/mol. The number of hydrogen-bond donors (Lipinski definition) is 3. The first-order chi connectivity index (χ1) is 10.2. The Hall–Kier alpha value is -1.71. The first-order valence-electron chi connectivity index (χ1n) is 8.11. The van der Waals surface area contributed by atoms with Crippen LogP contribution in [-0.4, -0.2) is 18.1 Å². The van der Waals surface area contributed by atoms with E-state index in [0.29, 0.717) is 12.1 Å². The van der Waals surface area contributed by atoms with Crippen molar-refractivity contribution in [2.75, 3.05) is 10.6 Å². The molecule has 21 heavy (non-hydrogen) atoms. The van der Waals surface area contributed by atoms with Crippen LogP contribution in [0, 0.1) is 0 Å². The summed E-state index contributed by atoms with van der Waals surface area (Å²) in [6.45, 7) is 4.31. The average Bonchev–Trinajstić information content (AvgIpc) is 2.50. The molecule has 116 valence electrons. The summed E-state index contributed by atoms with van der Waals surface area (Å²) in [5.41, 5.74) is 1.92. The topological polar surface area (TPSA) is 53.2 Å². The van der Waals surface area contributed by atoms with Crippen molar-refractivity contribution in [3.05, 3.63) is 24.3 Å². The Morgan fingerprint density at radius 2 is 1.76 bits per heavy atom. The summed E-state index contributed by atoms with van der Waals surface area (Å²) in [4.78, 5) is 12.0. The number of nitrogens with one attached hydrogen (secondary N) is 3. The van der Waals surface area contributed by atoms with E-state index in [2.05, 4.69) is 29.8 Å². The van der Waals surface area contributed by atoms with Gasteiger partial charge in [0.25, 0.3) is 0 Å². The lowest BCUT2D eigenvalue weighted by Gasteiger charge is -2.22. The zero-order valence-corrected chi connectivity index (χ0v) is 13.1. The van der Waals surface area contributed by atoms with Gasteiger partial charge in [-0.15, -0.1) is 0 Å². The highest BCUT2D eigenvalue weighted by Gasteiger charge is 2.15. The second-order valence-corrected chi connectivity index (χ2v) is 5.96. The van der Waals surface area contributed by atoms with Gasteiger partial charge in [-0.25, -0.2) is 4.79 Å². The van der Waals surface area contributed by atoms with Crippen LogP contribution in [-0.2, 0) is 0 Å². The Bertz CT molecular complexity index is 438. The van der Waals surface area contributed by atoms with Crippen molar-refractivity contribution in [2.24, 2.45) is 0 Å². The SMILES string of the molecule is CCC(C)Nc1ccc(NC(=O)NC2CCCCC2)cc1. The van der Waals surface area contributed by atoms with E-state index >= 15 is 0 Å². The van der Waals surface area contributed by atoms with Gasteiger partial charge < -0.3 is 16.0 Å². The van der Waals surface area contributed by atoms with E-state index in [1.807, 2.05) is 24.3 Å². The Balaban J connectivity index is 1.80. The van der Waals surface area contributed by atoms with E-state index in [0.717, 1.165) is 30.6 Å². The number of carbonyl (C=O) groups excluding carboxylic acids is 1. The highest BCUT2D eigenvalue weighted by molar-refractivity contribution is 5.89. The number of amides is 2. The standard InChI is InChI=1S/C17H27N3O/c1-3-13(2)18-15-9-11-16(12-10-15)20-17(21)19-14-7-5-4-6-8-14/h9-14,18H,3-8H2,1-2H3,(H2,19,20,21). The smallest absolute Gasteiger partial charge is 0.319 e. The van der Waals surface area contributed by atoms with Gasteiger partial charge in [0, 0.05) is 23.5 Å². The molecule has 1 aliphatic carbocycles. The van der Waals surface area contributed by atoms with Gasteiger partial charge in [0.05, 0.1) is 0 Å². The molecule has 2 rings (SSSR count). The highest BCUT2D eigenvalue weighted by Crippen LogP contribution is 2.18. The van der Waals surface area contributed by atoms with E-state index < -0.39 is 0 Å². The van der Waals surface area contributed by atoms with Crippen molar-refractivity contribution in [3.8, 4) is 0 Å². The maximum Gasteiger partial charge on any atom is 0.319 e. The fraction of sp³-hybridized carbons (Fsp3) is 0.588. The van der Waals surface area contributed by atoms with E-state index in [4.69, 9.17) is 0 Å². The molecule has 1 fully saturated rings. The maximum absolute atomic E-state index is 12.0. The second-order valence-electron chi connectivity index (χ2n) is 5.96. The molecule has 0 bridgehead atoms. The third-order valence-electron chi connectivity index (χ3n) is 4.11. The monoisotopic (exact) mass is 289 g/mol. The molecule has 4 heteroatoms. The lowest BCUT2D eigenvalue weighted by atomic mass is 9.96. The van der Waals surface area contributed by atoms with E-state index in [9.17, 15) is 4.79 Å². The third kappa shape index (κ3) is 5.29. The molecule has 2 amide bonds. The lowest BCUT2D eigenvalue weighted by Crippen LogP contribution is -2.38. The van der Waals surface area contributed by atoms with Crippen LogP contribution < -0.4 is 16.0 Å². The van der Waals surface area contributed by atoms with Gasteiger partial charge in [0.1, 0.15) is 0 Å². The summed E-state index contributed by atoms with van der Waals surface area (Å²) >= 11 is 0. The minimum atomic E-state index is -0.0930. The van der Waals surface area contributed by atoms with Crippen LogP contribution in [0.3, 0.4) is 0 Å². The van der Waals surface area contributed by atoms with Crippen LogP contribution in [0.4, 0.5) is 16.2 Å². The Morgan fingerprint density at radius 1 is 1.14 bits per heavy atom. The van der Waals surface area contributed by atoms with Crippen LogP contribution >= 0.6 is 0 Å². The van der Waals surface area contributed by atoms with Gasteiger partial charge >= 0.3 is 6.03 Å². The van der Waals surface area contributed by atoms with E-state index in [1.165, 1.54) is 19.3 Å². The van der Waals surface area contributed by atoms with Crippen molar-refractivity contribution in [1.29, 1.82) is 0 Å². The number of anilines is 2. The van der Waals surface area contributed by atoms with Gasteiger partial charge in [-0.2, -0.15) is 0 Å². The summed E-state index contributed by atoms with van der Waals surface area (Å²) in [5, 5.41) is 9.37. The largest absolute Gasteiger partial charge is 0.383 e. The fourth-order valence-corrected chi connectivity index (χ4v) is 2.64. The normalized spacial score (nSPS) is 17.0. The minimum Gasteiger partial charge on any atom is -0.383 e. The summed E-state index contributed by atoms with van der Waals surface area (Å²) in [6.07, 6.45) is 7.03. The molecule has 0 aromatic heterocycles. The molecule has 0 heterocycles. The first-order valence-corrected chi connectivity index (χ1v) is 8.11. The summed E-state index contributed by atoms with van der Waals surface area (Å²) in [6, 6.07) is 8.58. The predicted octanol–water partition coefficient (Wildman–Crippen LogP) is 4.35. The van der Waals surface area contributed by atoms with Crippen LogP contribution in [0.15, 0.2) is 24.3 Å². The summed E-state index contributed by atoms with van der Waals surface area (Å²) in [5.74, 6) is 0. The average molecular weight is 289 g/mol. The molecule has 1 aromatic rings. The molecule has 1 aromatic carbocycles. The second kappa shape index (κ2) is 7.91. The third-order valence-corrected chi connectivity index (χ3v) is 4.11. The van der Waals surface area contributed by atoms with Crippen molar-refractivity contribution in [1.82, 2.24) is 5.32 Å². The molecule has 0 radical (unpaired) electrons.